The fraction of sp³-hybridized carbons (Fsp3) is 0.500. The van der Waals surface area contributed by atoms with E-state index in [1.165, 1.54) is 29.5 Å². The third-order valence-electron chi connectivity index (χ3n) is 3.06. The van der Waals surface area contributed by atoms with Crippen LogP contribution in [0.4, 0.5) is 0 Å². The van der Waals surface area contributed by atoms with Gasteiger partial charge >= 0.3 is 0 Å². The molecule has 14 heavy (non-hydrogen) atoms. The number of fused-ring (bicyclic) bond motifs is 1. The van der Waals surface area contributed by atoms with E-state index in [4.69, 9.17) is 10.5 Å². The van der Waals surface area contributed by atoms with Gasteiger partial charge in [-0.15, -0.1) is 0 Å². The van der Waals surface area contributed by atoms with Crippen LogP contribution < -0.4 is 10.5 Å². The molecule has 2 N–H and O–H groups in total. The molecule has 0 saturated carbocycles. The molecule has 0 aliphatic heterocycles. The van der Waals surface area contributed by atoms with Gasteiger partial charge in [0.2, 0.25) is 0 Å². The average molecular weight is 191 g/mol. The van der Waals surface area contributed by atoms with Crippen LogP contribution >= 0.6 is 0 Å². The summed E-state index contributed by atoms with van der Waals surface area (Å²) in [5.74, 6) is 0.929. The molecular formula is C12H17NO. The molecule has 1 aliphatic rings. The van der Waals surface area contributed by atoms with Crippen molar-refractivity contribution in [1.29, 1.82) is 0 Å². The predicted molar refractivity (Wildman–Crippen MR) is 57.6 cm³/mol. The molecule has 0 fully saturated rings. The van der Waals surface area contributed by atoms with Crippen LogP contribution in [-0.2, 0) is 6.42 Å². The van der Waals surface area contributed by atoms with Gasteiger partial charge in [-0.1, -0.05) is 0 Å². The van der Waals surface area contributed by atoms with Crippen molar-refractivity contribution in [2.45, 2.75) is 32.2 Å². The van der Waals surface area contributed by atoms with Crippen molar-refractivity contribution in [2.24, 2.45) is 5.73 Å². The summed E-state index contributed by atoms with van der Waals surface area (Å²) in [5, 5.41) is 0. The van der Waals surface area contributed by atoms with Crippen molar-refractivity contribution >= 4 is 0 Å². The molecule has 0 radical (unpaired) electrons. The monoisotopic (exact) mass is 191 g/mol. The van der Waals surface area contributed by atoms with E-state index in [1.54, 1.807) is 7.11 Å². The summed E-state index contributed by atoms with van der Waals surface area (Å²) in [6, 6.07) is 4.38. The van der Waals surface area contributed by atoms with E-state index in [0.29, 0.717) is 0 Å². The Morgan fingerprint density at radius 1 is 1.43 bits per heavy atom. The quantitative estimate of drug-likeness (QED) is 0.739. The minimum atomic E-state index is 0.201. The number of nitrogens with two attached hydrogens (primary N) is 1. The van der Waals surface area contributed by atoms with E-state index in [-0.39, 0.29) is 6.04 Å². The summed E-state index contributed by atoms with van der Waals surface area (Å²) < 4.78 is 5.25. The van der Waals surface area contributed by atoms with Gasteiger partial charge in [0.1, 0.15) is 5.75 Å². The van der Waals surface area contributed by atoms with Crippen molar-refractivity contribution in [3.63, 3.8) is 0 Å². The second kappa shape index (κ2) is 3.62. The van der Waals surface area contributed by atoms with Gasteiger partial charge in [0.15, 0.2) is 0 Å². The molecular weight excluding hydrogens is 174 g/mol. The maximum Gasteiger partial charge on any atom is 0.119 e. The molecule has 2 heteroatoms. The molecule has 1 aromatic rings. The van der Waals surface area contributed by atoms with Gasteiger partial charge in [0, 0.05) is 6.04 Å². The van der Waals surface area contributed by atoms with Crippen LogP contribution in [0.1, 0.15) is 35.6 Å². The maximum atomic E-state index is 6.08. The highest BCUT2D eigenvalue weighted by molar-refractivity contribution is 5.44. The van der Waals surface area contributed by atoms with E-state index in [1.807, 2.05) is 0 Å². The number of methoxy groups -OCH3 is 1. The van der Waals surface area contributed by atoms with Crippen LogP contribution in [0.25, 0.3) is 0 Å². The average Bonchev–Trinajstić information content (AvgIpc) is 2.19. The second-order valence-electron chi connectivity index (χ2n) is 4.01. The Morgan fingerprint density at radius 2 is 2.21 bits per heavy atom. The summed E-state index contributed by atoms with van der Waals surface area (Å²) in [6.45, 7) is 2.14. The summed E-state index contributed by atoms with van der Waals surface area (Å²) in [4.78, 5) is 0. The lowest BCUT2D eigenvalue weighted by molar-refractivity contribution is 0.412. The summed E-state index contributed by atoms with van der Waals surface area (Å²) in [5.41, 5.74) is 10.1. The van der Waals surface area contributed by atoms with E-state index in [0.717, 1.165) is 12.2 Å². The minimum absolute atomic E-state index is 0.201. The lowest BCUT2D eigenvalue weighted by atomic mass is 9.85. The number of ether oxygens (including phenoxy) is 1. The van der Waals surface area contributed by atoms with Crippen LogP contribution in [-0.4, -0.2) is 7.11 Å². The fourth-order valence-electron chi connectivity index (χ4n) is 2.25. The molecule has 0 spiro atoms. The Balaban J connectivity index is 2.51. The summed E-state index contributed by atoms with van der Waals surface area (Å²) in [7, 11) is 1.70. The number of aryl methyl sites for hydroxylation is 1. The largest absolute Gasteiger partial charge is 0.497 e. The highest BCUT2D eigenvalue weighted by Crippen LogP contribution is 2.33. The lowest BCUT2D eigenvalue weighted by Gasteiger charge is -2.24. The van der Waals surface area contributed by atoms with E-state index >= 15 is 0 Å². The molecule has 1 aromatic carbocycles. The zero-order valence-electron chi connectivity index (χ0n) is 8.84. The van der Waals surface area contributed by atoms with Crippen LogP contribution in [0.3, 0.4) is 0 Å². The van der Waals surface area contributed by atoms with Crippen molar-refractivity contribution in [1.82, 2.24) is 0 Å². The molecule has 0 amide bonds. The number of hydrogen-bond donors (Lipinski definition) is 1. The standard InChI is InChI=1S/C12H17NO/c1-8-6-9(14-2)7-11-10(8)4-3-5-12(11)13/h6-7,12H,3-5,13H2,1-2H3/t12-/m1/s1. The molecule has 0 heterocycles. The normalized spacial score (nSPS) is 20.4. The third-order valence-corrected chi connectivity index (χ3v) is 3.06. The SMILES string of the molecule is COc1cc(C)c2c(c1)[C@H](N)CCC2. The molecule has 76 valence electrons. The second-order valence-corrected chi connectivity index (χ2v) is 4.01. The Labute approximate surface area is 85.1 Å². The first-order valence-electron chi connectivity index (χ1n) is 5.15. The van der Waals surface area contributed by atoms with E-state index in [9.17, 15) is 0 Å². The van der Waals surface area contributed by atoms with Gasteiger partial charge in [-0.3, -0.25) is 0 Å². The Kier molecular flexibility index (Phi) is 2.46. The first kappa shape index (κ1) is 9.53. The molecule has 1 atom stereocenters. The zero-order chi connectivity index (χ0) is 10.1. The molecule has 2 nitrogen and oxygen atoms in total. The fourth-order valence-corrected chi connectivity index (χ4v) is 2.25. The van der Waals surface area contributed by atoms with Crippen LogP contribution in [0, 0.1) is 6.92 Å². The molecule has 0 bridgehead atoms. The van der Waals surface area contributed by atoms with Crippen molar-refractivity contribution in [2.75, 3.05) is 7.11 Å². The number of rotatable bonds is 1. The number of benzene rings is 1. The van der Waals surface area contributed by atoms with Gasteiger partial charge in [0.25, 0.3) is 0 Å². The van der Waals surface area contributed by atoms with Crippen molar-refractivity contribution < 1.29 is 4.74 Å². The minimum Gasteiger partial charge on any atom is -0.497 e. The number of hydrogen-bond acceptors (Lipinski definition) is 2. The first-order valence-corrected chi connectivity index (χ1v) is 5.15. The molecule has 1 aliphatic carbocycles. The first-order chi connectivity index (χ1) is 6.72. The summed E-state index contributed by atoms with van der Waals surface area (Å²) in [6.07, 6.45) is 3.47. The van der Waals surface area contributed by atoms with E-state index in [2.05, 4.69) is 19.1 Å². The molecule has 0 aromatic heterocycles. The van der Waals surface area contributed by atoms with Gasteiger partial charge < -0.3 is 10.5 Å². The zero-order valence-corrected chi connectivity index (χ0v) is 8.84. The van der Waals surface area contributed by atoms with Crippen molar-refractivity contribution in [3.05, 3.63) is 28.8 Å². The van der Waals surface area contributed by atoms with Crippen LogP contribution in [0.2, 0.25) is 0 Å². The smallest absolute Gasteiger partial charge is 0.119 e. The van der Waals surface area contributed by atoms with Crippen molar-refractivity contribution in [3.8, 4) is 5.75 Å². The molecule has 2 rings (SSSR count). The molecule has 0 saturated heterocycles. The highest BCUT2D eigenvalue weighted by Gasteiger charge is 2.19. The third kappa shape index (κ3) is 1.50. The van der Waals surface area contributed by atoms with Gasteiger partial charge in [-0.05, 0) is 55.0 Å². The van der Waals surface area contributed by atoms with Crippen LogP contribution in [0.15, 0.2) is 12.1 Å². The topological polar surface area (TPSA) is 35.2 Å². The van der Waals surface area contributed by atoms with Gasteiger partial charge in [-0.25, -0.2) is 0 Å². The van der Waals surface area contributed by atoms with E-state index < -0.39 is 0 Å². The highest BCUT2D eigenvalue weighted by atomic mass is 16.5. The van der Waals surface area contributed by atoms with Gasteiger partial charge in [0.05, 0.1) is 7.11 Å². The lowest BCUT2D eigenvalue weighted by Crippen LogP contribution is -2.18. The summed E-state index contributed by atoms with van der Waals surface area (Å²) >= 11 is 0. The Bertz CT molecular complexity index is 346. The van der Waals surface area contributed by atoms with Crippen LogP contribution in [0.5, 0.6) is 5.75 Å². The molecule has 0 unspecified atom stereocenters. The Hall–Kier alpha value is -1.02. The predicted octanol–water partition coefficient (Wildman–Crippen LogP) is 2.34. The maximum absolute atomic E-state index is 6.08. The van der Waals surface area contributed by atoms with Gasteiger partial charge in [-0.2, -0.15) is 0 Å². The Morgan fingerprint density at radius 3 is 2.93 bits per heavy atom.